The highest BCUT2D eigenvalue weighted by Crippen LogP contribution is 2.32. The molecule has 0 saturated heterocycles. The summed E-state index contributed by atoms with van der Waals surface area (Å²) in [5.41, 5.74) is 2.59. The minimum Gasteiger partial charge on any atom is -0.340 e. The maximum absolute atomic E-state index is 12.8. The van der Waals surface area contributed by atoms with Crippen LogP contribution in [0, 0.1) is 18.8 Å². The van der Waals surface area contributed by atoms with Crippen molar-refractivity contribution in [3.63, 3.8) is 0 Å². The minimum atomic E-state index is -0.614. The summed E-state index contributed by atoms with van der Waals surface area (Å²) in [6, 6.07) is 6.77. The molecule has 0 radical (unpaired) electrons. The van der Waals surface area contributed by atoms with Crippen molar-refractivity contribution in [1.29, 1.82) is 0 Å². The van der Waals surface area contributed by atoms with E-state index in [0.717, 1.165) is 30.5 Å². The predicted molar refractivity (Wildman–Crippen MR) is 109 cm³/mol. The number of carbonyl (C=O) groups is 2. The second-order valence-corrected chi connectivity index (χ2v) is 8.82. The summed E-state index contributed by atoms with van der Waals surface area (Å²) in [6.45, 7) is 7.99. The molecule has 0 bridgehead atoms. The summed E-state index contributed by atoms with van der Waals surface area (Å²) in [7, 11) is 0. The van der Waals surface area contributed by atoms with Gasteiger partial charge in [-0.15, -0.1) is 11.3 Å². The lowest BCUT2D eigenvalue weighted by Gasteiger charge is -2.21. The van der Waals surface area contributed by atoms with Crippen molar-refractivity contribution in [3.8, 4) is 0 Å². The number of rotatable bonds is 5. The Labute approximate surface area is 164 Å². The number of hydrogen-bond donors (Lipinski definition) is 2. The highest BCUT2D eigenvalue weighted by Gasteiger charge is 2.27. The van der Waals surface area contributed by atoms with E-state index in [9.17, 15) is 9.59 Å². The maximum Gasteiger partial charge on any atom is 0.252 e. The van der Waals surface area contributed by atoms with Crippen LogP contribution in [0.2, 0.25) is 0 Å². The van der Waals surface area contributed by atoms with Gasteiger partial charge in [-0.2, -0.15) is 0 Å². The first-order chi connectivity index (χ1) is 12.8. The van der Waals surface area contributed by atoms with Crippen LogP contribution in [0.15, 0.2) is 24.3 Å². The number of nitrogens with zero attached hydrogens (tertiary/aromatic N) is 1. The van der Waals surface area contributed by atoms with E-state index in [1.165, 1.54) is 4.88 Å². The molecule has 0 fully saturated rings. The Bertz CT molecular complexity index is 844. The molecule has 1 aliphatic rings. The molecule has 2 N–H and O–H groups in total. The number of aromatic nitrogens is 1. The van der Waals surface area contributed by atoms with Crippen molar-refractivity contribution >= 4 is 28.3 Å². The second kappa shape index (κ2) is 8.21. The average molecular weight is 386 g/mol. The first kappa shape index (κ1) is 19.5. The van der Waals surface area contributed by atoms with Crippen LogP contribution < -0.4 is 10.6 Å². The van der Waals surface area contributed by atoms with Crippen LogP contribution in [0.4, 0.5) is 5.13 Å². The molecule has 3 rings (SSSR count). The van der Waals surface area contributed by atoms with E-state index >= 15 is 0 Å². The molecule has 1 aromatic carbocycles. The molecule has 0 aliphatic heterocycles. The Hall–Kier alpha value is -2.21. The fraction of sp³-hybridized carbons (Fsp3) is 0.476. The van der Waals surface area contributed by atoms with Crippen LogP contribution >= 0.6 is 11.3 Å². The number of fused-ring (bicyclic) bond motifs is 1. The van der Waals surface area contributed by atoms with E-state index in [1.54, 1.807) is 17.4 Å². The van der Waals surface area contributed by atoms with Gasteiger partial charge >= 0.3 is 0 Å². The van der Waals surface area contributed by atoms with Gasteiger partial charge in [0.05, 0.1) is 5.69 Å². The molecule has 0 spiro atoms. The van der Waals surface area contributed by atoms with E-state index in [-0.39, 0.29) is 17.7 Å². The van der Waals surface area contributed by atoms with E-state index in [4.69, 9.17) is 0 Å². The molecule has 144 valence electrons. The van der Waals surface area contributed by atoms with E-state index in [0.29, 0.717) is 16.6 Å². The normalized spacial score (nSPS) is 17.3. The quantitative estimate of drug-likeness (QED) is 0.818. The molecule has 1 aromatic heterocycles. The molecule has 1 unspecified atom stereocenters. The zero-order chi connectivity index (χ0) is 19.6. The number of aryl methyl sites for hydroxylation is 2. The Kier molecular flexibility index (Phi) is 5.95. The van der Waals surface area contributed by atoms with Crippen LogP contribution in [0.1, 0.15) is 53.7 Å². The molecule has 5 nitrogen and oxygen atoms in total. The molecular weight excluding hydrogens is 358 g/mol. The summed E-state index contributed by atoms with van der Waals surface area (Å²) >= 11 is 1.56. The fourth-order valence-electron chi connectivity index (χ4n) is 3.36. The van der Waals surface area contributed by atoms with Gasteiger partial charge in [-0.3, -0.25) is 9.59 Å². The Morgan fingerprint density at radius 2 is 2.00 bits per heavy atom. The van der Waals surface area contributed by atoms with Gasteiger partial charge in [0, 0.05) is 10.4 Å². The number of nitrogens with one attached hydrogen (secondary N) is 2. The lowest BCUT2D eigenvalue weighted by Crippen LogP contribution is -2.47. The average Bonchev–Trinajstić information content (AvgIpc) is 3.00. The standard InChI is InChI=1S/C21H27N3O2S/c1-12(2)18(23-19(25)15-8-6-5-7-14(15)4)20(26)24-21-22-16-10-9-13(3)11-17(16)27-21/h5-8,12-13,18H,9-11H2,1-4H3,(H,23,25)(H,22,24,26)/t13?,18-/m0/s1. The minimum absolute atomic E-state index is 0.0347. The molecule has 27 heavy (non-hydrogen) atoms. The van der Waals surface area contributed by atoms with Crippen LogP contribution in [0.25, 0.3) is 0 Å². The van der Waals surface area contributed by atoms with E-state index in [2.05, 4.69) is 22.5 Å². The van der Waals surface area contributed by atoms with Crippen molar-refractivity contribution in [2.45, 2.75) is 53.0 Å². The van der Waals surface area contributed by atoms with Crippen molar-refractivity contribution in [3.05, 3.63) is 46.0 Å². The van der Waals surface area contributed by atoms with Crippen LogP contribution in [-0.2, 0) is 17.6 Å². The molecule has 0 saturated carbocycles. The number of carbonyl (C=O) groups excluding carboxylic acids is 2. The number of thiazole rings is 1. The van der Waals surface area contributed by atoms with Crippen molar-refractivity contribution in [1.82, 2.24) is 10.3 Å². The zero-order valence-corrected chi connectivity index (χ0v) is 17.2. The van der Waals surface area contributed by atoms with Crippen molar-refractivity contribution in [2.24, 2.45) is 11.8 Å². The Morgan fingerprint density at radius 1 is 1.26 bits per heavy atom. The number of amides is 2. The van der Waals surface area contributed by atoms with Gasteiger partial charge in [0.2, 0.25) is 5.91 Å². The highest BCUT2D eigenvalue weighted by molar-refractivity contribution is 7.15. The maximum atomic E-state index is 12.8. The summed E-state index contributed by atoms with van der Waals surface area (Å²) in [5, 5.41) is 6.44. The van der Waals surface area contributed by atoms with E-state index in [1.807, 2.05) is 39.0 Å². The molecule has 1 aliphatic carbocycles. The number of anilines is 1. The van der Waals surface area contributed by atoms with Gasteiger partial charge in [0.25, 0.3) is 5.91 Å². The van der Waals surface area contributed by atoms with Gasteiger partial charge in [0.15, 0.2) is 5.13 Å². The number of hydrogen-bond acceptors (Lipinski definition) is 4. The second-order valence-electron chi connectivity index (χ2n) is 7.74. The predicted octanol–water partition coefficient (Wildman–Crippen LogP) is 3.97. The number of benzene rings is 1. The first-order valence-corrected chi connectivity index (χ1v) is 10.3. The SMILES string of the molecule is Cc1ccccc1C(=O)N[C@H](C(=O)Nc1nc2c(s1)CC(C)CC2)C(C)C. The summed E-state index contributed by atoms with van der Waals surface area (Å²) < 4.78 is 0. The highest BCUT2D eigenvalue weighted by atomic mass is 32.1. The van der Waals surface area contributed by atoms with Crippen molar-refractivity contribution in [2.75, 3.05) is 5.32 Å². The summed E-state index contributed by atoms with van der Waals surface area (Å²) in [5.74, 6) is 0.186. The molecule has 2 amide bonds. The molecular formula is C21H27N3O2S. The third-order valence-corrected chi connectivity index (χ3v) is 6.08. The molecule has 2 aromatic rings. The van der Waals surface area contributed by atoms with Crippen LogP contribution in [0.3, 0.4) is 0 Å². The lowest BCUT2D eigenvalue weighted by molar-refractivity contribution is -0.118. The Morgan fingerprint density at radius 3 is 2.70 bits per heavy atom. The molecule has 6 heteroatoms. The van der Waals surface area contributed by atoms with Gasteiger partial charge in [0.1, 0.15) is 6.04 Å². The Balaban J connectivity index is 1.71. The molecule has 2 atom stereocenters. The third-order valence-electron chi connectivity index (χ3n) is 5.04. The van der Waals surface area contributed by atoms with Crippen LogP contribution in [-0.4, -0.2) is 22.8 Å². The van der Waals surface area contributed by atoms with Crippen molar-refractivity contribution < 1.29 is 9.59 Å². The van der Waals surface area contributed by atoms with E-state index < -0.39 is 6.04 Å². The zero-order valence-electron chi connectivity index (χ0n) is 16.3. The fourth-order valence-corrected chi connectivity index (χ4v) is 4.53. The first-order valence-electron chi connectivity index (χ1n) is 9.51. The third kappa shape index (κ3) is 4.56. The summed E-state index contributed by atoms with van der Waals surface area (Å²) in [4.78, 5) is 31.3. The van der Waals surface area contributed by atoms with Gasteiger partial charge in [-0.1, -0.05) is 39.0 Å². The summed E-state index contributed by atoms with van der Waals surface area (Å²) in [6.07, 6.45) is 3.15. The molecule has 1 heterocycles. The van der Waals surface area contributed by atoms with Gasteiger partial charge in [-0.05, 0) is 49.7 Å². The van der Waals surface area contributed by atoms with Gasteiger partial charge in [-0.25, -0.2) is 4.98 Å². The van der Waals surface area contributed by atoms with Gasteiger partial charge < -0.3 is 10.6 Å². The largest absolute Gasteiger partial charge is 0.340 e. The lowest BCUT2D eigenvalue weighted by atomic mass is 9.93. The van der Waals surface area contributed by atoms with Crippen LogP contribution in [0.5, 0.6) is 0 Å². The smallest absolute Gasteiger partial charge is 0.252 e. The monoisotopic (exact) mass is 385 g/mol. The topological polar surface area (TPSA) is 71.1 Å².